The summed E-state index contributed by atoms with van der Waals surface area (Å²) < 4.78 is 16.7. The molecule has 10 amide bonds. The molecule has 0 radical (unpaired) electrons. The molecule has 1 aliphatic heterocycles. The van der Waals surface area contributed by atoms with Gasteiger partial charge in [-0.2, -0.15) is 0 Å². The average Bonchev–Trinajstić information content (AvgIpc) is 3.55. The molecule has 24 nitrogen and oxygen atoms in total. The zero-order valence-corrected chi connectivity index (χ0v) is 59.6. The third-order valence-corrected chi connectivity index (χ3v) is 19.3. The second-order valence-corrected chi connectivity index (χ2v) is 24.8. The molecule has 1 saturated heterocycles. The van der Waals surface area contributed by atoms with E-state index in [1.807, 2.05) is 203 Å². The molecular weight excluding hydrogens is 2050 g/mol. The number of imide groups is 1. The van der Waals surface area contributed by atoms with Crippen molar-refractivity contribution in [3.8, 4) is 0 Å². The monoisotopic (exact) mass is 2090 g/mol. The summed E-state index contributed by atoms with van der Waals surface area (Å²) in [4.78, 5) is 154. The van der Waals surface area contributed by atoms with Crippen molar-refractivity contribution in [1.29, 1.82) is 0 Å². The Morgan fingerprint density at radius 2 is 0.872 bits per heavy atom. The quantitative estimate of drug-likeness (QED) is 0.0217. The number of amides is 10. The van der Waals surface area contributed by atoms with E-state index >= 15 is 9.59 Å². The van der Waals surface area contributed by atoms with Gasteiger partial charge in [0.1, 0.15) is 0 Å². The number of hydrogen-bond acceptors (Lipinski definition) is 15. The molecule has 33 heteroatoms. The number of esters is 3. The van der Waals surface area contributed by atoms with Gasteiger partial charge in [-0.1, -0.05) is 18.2 Å². The molecule has 1 fully saturated rings. The Morgan fingerprint density at radius 3 is 1.24 bits per heavy atom. The van der Waals surface area contributed by atoms with Crippen LogP contribution < -0.4 is 45.3 Å². The predicted molar refractivity (Wildman–Crippen MR) is 363 cm³/mol. The summed E-state index contributed by atoms with van der Waals surface area (Å²) in [5.41, 5.74) is -0.379. The number of anilines is 9. The molecule has 1 atom stereocenters. The number of hydrogen-bond donors (Lipinski definition) is 4. The Balaban J connectivity index is 2.50. The summed E-state index contributed by atoms with van der Waals surface area (Å²) in [6.45, 7) is 11.5. The Hall–Kier alpha value is -2.62. The normalized spacial score (nSPS) is 12.7. The zero-order chi connectivity index (χ0) is 58.8. The van der Waals surface area contributed by atoms with Crippen LogP contribution in [0.2, 0.25) is 0 Å². The number of rotatable bonds is 24. The number of benzene rings is 3. The standard InChI is InChI=1S/C45H38I9N9O15/c1-7-10-58(16-64)35-25(46)34(55-22(70)13-76-19(4)67)26(47)38(27(35)48)61(23(71)14-77-20(5)68)39-28(49)36(59(17-65)11-8-2)29(50)40(32(39)53)62(24(72)15-78-21(6)69)41-30(51)37(60(18-66)12-9-3)31(52)42(33(41)54)63-44(74)56-43(73)57-45(63)75/h7-9,16-18,44,74H,1-3,10-15H2,4-6H3,(H,55,70)(H2,56,57,73,75). The lowest BCUT2D eigenvalue weighted by atomic mass is 10.1. The Morgan fingerprint density at radius 1 is 0.551 bits per heavy atom. The fraction of sp³-hybridized carbons (Fsp3) is 0.222. The Labute approximate surface area is 567 Å². The highest BCUT2D eigenvalue weighted by molar-refractivity contribution is 14.1. The number of nitrogens with one attached hydrogen (secondary N) is 3. The third kappa shape index (κ3) is 15.1. The summed E-state index contributed by atoms with van der Waals surface area (Å²) in [5, 5.41) is 18.4. The van der Waals surface area contributed by atoms with Crippen molar-refractivity contribution in [3.05, 3.63) is 70.1 Å². The minimum atomic E-state index is -2.03. The van der Waals surface area contributed by atoms with Crippen molar-refractivity contribution >= 4 is 321 Å². The first-order chi connectivity index (χ1) is 36.7. The maximum Gasteiger partial charge on any atom is 0.333 e. The van der Waals surface area contributed by atoms with E-state index < -0.39 is 73.9 Å². The van der Waals surface area contributed by atoms with Gasteiger partial charge in [0, 0.05) is 40.4 Å². The minimum absolute atomic E-state index is 0.00188. The largest absolute Gasteiger partial charge is 0.456 e. The smallest absolute Gasteiger partial charge is 0.333 e. The molecule has 0 aromatic heterocycles. The molecule has 0 bridgehead atoms. The number of urea groups is 2. The van der Waals surface area contributed by atoms with Gasteiger partial charge in [0.05, 0.1) is 83.3 Å². The Kier molecular flexibility index (Phi) is 26.6. The maximum absolute atomic E-state index is 15.5. The predicted octanol–water partition coefficient (Wildman–Crippen LogP) is 8.05. The molecule has 0 spiro atoms. The summed E-state index contributed by atoms with van der Waals surface area (Å²) in [5.74, 6) is -5.33. The molecule has 3 aromatic rings. The maximum atomic E-state index is 15.5. The van der Waals surface area contributed by atoms with Crippen molar-refractivity contribution in [3.63, 3.8) is 0 Å². The highest BCUT2D eigenvalue weighted by Gasteiger charge is 2.43. The van der Waals surface area contributed by atoms with Crippen LogP contribution in [0.25, 0.3) is 0 Å². The van der Waals surface area contributed by atoms with Crippen LogP contribution in [-0.4, -0.2) is 118 Å². The molecular formula is C45H38I9N9O15. The number of carbonyl (C=O) groups is 11. The molecule has 3 aromatic carbocycles. The number of halogens is 9. The lowest BCUT2D eigenvalue weighted by Gasteiger charge is -2.38. The van der Waals surface area contributed by atoms with E-state index in [0.717, 1.165) is 35.5 Å². The molecule has 1 unspecified atom stereocenters. The number of carbonyl (C=O) groups excluding carboxylic acids is 11. The van der Waals surface area contributed by atoms with Gasteiger partial charge < -0.3 is 39.3 Å². The zero-order valence-electron chi connectivity index (χ0n) is 40.2. The van der Waals surface area contributed by atoms with Crippen molar-refractivity contribution in [2.24, 2.45) is 0 Å². The van der Waals surface area contributed by atoms with Crippen LogP contribution in [0.1, 0.15) is 20.8 Å². The second-order valence-electron chi connectivity index (χ2n) is 15.1. The third-order valence-electron chi connectivity index (χ3n) is 10.0. The van der Waals surface area contributed by atoms with Crippen molar-refractivity contribution in [2.75, 3.05) is 74.2 Å². The van der Waals surface area contributed by atoms with Gasteiger partial charge >= 0.3 is 30.0 Å². The van der Waals surface area contributed by atoms with Crippen LogP contribution in [0.4, 0.5) is 60.8 Å². The molecule has 1 aliphatic rings. The van der Waals surface area contributed by atoms with Gasteiger partial charge in [-0.05, 0) is 203 Å². The molecule has 78 heavy (non-hydrogen) atoms. The van der Waals surface area contributed by atoms with E-state index in [1.54, 1.807) is 0 Å². The molecule has 4 rings (SSSR count). The van der Waals surface area contributed by atoms with Gasteiger partial charge in [-0.3, -0.25) is 63.6 Å². The summed E-state index contributed by atoms with van der Waals surface area (Å²) >= 11 is 16.8. The highest BCUT2D eigenvalue weighted by Crippen LogP contribution is 2.55. The number of aliphatic hydroxyl groups excluding tert-OH is 1. The summed E-state index contributed by atoms with van der Waals surface area (Å²) in [7, 11) is 0. The fourth-order valence-corrected chi connectivity index (χ4v) is 21.0. The number of aliphatic hydroxyl groups is 1. The van der Waals surface area contributed by atoms with E-state index in [0.29, 0.717) is 19.2 Å². The first-order valence-electron chi connectivity index (χ1n) is 21.3. The lowest BCUT2D eigenvalue weighted by molar-refractivity contribution is -0.145. The first-order valence-corrected chi connectivity index (χ1v) is 31.0. The number of nitrogens with zero attached hydrogens (tertiary/aromatic N) is 6. The van der Waals surface area contributed by atoms with Crippen molar-refractivity contribution in [1.82, 2.24) is 10.6 Å². The van der Waals surface area contributed by atoms with E-state index in [4.69, 9.17) is 14.2 Å². The van der Waals surface area contributed by atoms with Crippen molar-refractivity contribution in [2.45, 2.75) is 27.1 Å². The van der Waals surface area contributed by atoms with E-state index in [9.17, 15) is 48.3 Å². The molecule has 0 saturated carbocycles. The van der Waals surface area contributed by atoms with E-state index in [1.165, 1.54) is 32.9 Å². The van der Waals surface area contributed by atoms with Gasteiger partial charge in [0.15, 0.2) is 19.8 Å². The number of ether oxygens (including phenoxy) is 3. The van der Waals surface area contributed by atoms with E-state index in [2.05, 4.69) is 35.7 Å². The lowest BCUT2D eigenvalue weighted by Crippen LogP contribution is -2.64. The van der Waals surface area contributed by atoms with Crippen LogP contribution in [0.15, 0.2) is 38.0 Å². The SMILES string of the molecule is C=CCN(C=O)c1c(I)c(NC(=O)COC(C)=O)c(I)c(N(C(=O)COC(C)=O)c2c(I)c(N(C=O)CC=C)c(I)c(N(C(=O)COC(C)=O)c3c(I)c(N(C=O)CC=C)c(I)c(N4C(=O)NC(=O)NC4O)c3I)c2I)c1I. The average molecular weight is 2090 g/mol. The summed E-state index contributed by atoms with van der Waals surface area (Å²) in [6.07, 6.45) is 3.57. The first kappa shape index (κ1) is 67.9. The Bertz CT molecular complexity index is 3080. The topological polar surface area (TPSA) is 291 Å². The van der Waals surface area contributed by atoms with Gasteiger partial charge in [0.2, 0.25) is 25.6 Å². The van der Waals surface area contributed by atoms with Gasteiger partial charge in [-0.15, -0.1) is 19.7 Å². The van der Waals surface area contributed by atoms with Gasteiger partial charge in [-0.25, -0.2) is 14.5 Å². The fourth-order valence-electron chi connectivity index (χ4n) is 6.96. The van der Waals surface area contributed by atoms with Crippen LogP contribution in [0.3, 0.4) is 0 Å². The van der Waals surface area contributed by atoms with Crippen LogP contribution in [0, 0.1) is 32.1 Å². The van der Waals surface area contributed by atoms with Crippen molar-refractivity contribution < 1.29 is 72.1 Å². The minimum Gasteiger partial charge on any atom is -0.456 e. The molecule has 416 valence electrons. The van der Waals surface area contributed by atoms with Crippen LogP contribution in [0.5, 0.6) is 0 Å². The van der Waals surface area contributed by atoms with Crippen LogP contribution >= 0.6 is 203 Å². The molecule has 0 aliphatic carbocycles. The second kappa shape index (κ2) is 30.6. The van der Waals surface area contributed by atoms with Crippen LogP contribution in [-0.2, 0) is 57.4 Å². The summed E-state index contributed by atoms with van der Waals surface area (Å²) in [6, 6.07) is -2.17. The molecule has 4 N–H and O–H groups in total. The molecule has 1 heterocycles. The van der Waals surface area contributed by atoms with E-state index in [-0.39, 0.29) is 103 Å². The highest BCUT2D eigenvalue weighted by atomic mass is 127. The van der Waals surface area contributed by atoms with Gasteiger partial charge in [0.25, 0.3) is 17.7 Å².